The Kier molecular flexibility index (Phi) is 3.27. The Hall–Kier alpha value is -1.02. The summed E-state index contributed by atoms with van der Waals surface area (Å²) in [7, 11) is 0. The Bertz CT molecular complexity index is 329. The maximum atomic E-state index is 3.40. The van der Waals surface area contributed by atoms with E-state index in [0.29, 0.717) is 0 Å². The lowest BCUT2D eigenvalue weighted by atomic mass is 10.1. The highest BCUT2D eigenvalue weighted by molar-refractivity contribution is 5.56. The maximum absolute atomic E-state index is 3.40. The summed E-state index contributed by atoms with van der Waals surface area (Å²) in [5, 5.41) is 3.40. The van der Waals surface area contributed by atoms with E-state index in [1.807, 2.05) is 0 Å². The Balaban J connectivity index is 2.09. The first-order chi connectivity index (χ1) is 7.33. The van der Waals surface area contributed by atoms with Gasteiger partial charge in [-0.3, -0.25) is 4.90 Å². The van der Waals surface area contributed by atoms with Crippen molar-refractivity contribution in [3.63, 3.8) is 0 Å². The minimum atomic E-state index is 1.08. The van der Waals surface area contributed by atoms with Crippen molar-refractivity contribution in [1.29, 1.82) is 0 Å². The predicted octanol–water partition coefficient (Wildman–Crippen LogP) is 2.50. The first-order valence-electron chi connectivity index (χ1n) is 5.91. The molecule has 1 aromatic carbocycles. The van der Waals surface area contributed by atoms with Gasteiger partial charge in [-0.15, -0.1) is 0 Å². The smallest absolute Gasteiger partial charge is 0.0373 e. The fourth-order valence-electron chi connectivity index (χ4n) is 2.16. The lowest BCUT2D eigenvalue weighted by Gasteiger charge is -2.18. The van der Waals surface area contributed by atoms with Crippen molar-refractivity contribution in [3.8, 4) is 0 Å². The van der Waals surface area contributed by atoms with Crippen LogP contribution in [0.1, 0.15) is 25.0 Å². The lowest BCUT2D eigenvalue weighted by Crippen LogP contribution is -2.22. The molecule has 0 fully saturated rings. The number of anilines is 1. The zero-order valence-corrected chi connectivity index (χ0v) is 9.71. The molecule has 1 aromatic rings. The molecular formula is C13H20N2. The highest BCUT2D eigenvalue weighted by Gasteiger charge is 2.10. The van der Waals surface area contributed by atoms with E-state index in [1.165, 1.54) is 23.2 Å². The molecule has 1 aliphatic rings. The molecule has 2 rings (SSSR count). The first kappa shape index (κ1) is 10.5. The van der Waals surface area contributed by atoms with E-state index in [2.05, 4.69) is 42.3 Å². The zero-order chi connectivity index (χ0) is 10.7. The van der Waals surface area contributed by atoms with E-state index in [-0.39, 0.29) is 0 Å². The summed E-state index contributed by atoms with van der Waals surface area (Å²) in [5.41, 5.74) is 4.26. The summed E-state index contributed by atoms with van der Waals surface area (Å²) in [6, 6.07) is 6.82. The minimum Gasteiger partial charge on any atom is -0.384 e. The Morgan fingerprint density at radius 2 is 2.07 bits per heavy atom. The van der Waals surface area contributed by atoms with Gasteiger partial charge in [0.25, 0.3) is 0 Å². The Labute approximate surface area is 92.3 Å². The second-order valence-electron chi connectivity index (χ2n) is 4.13. The van der Waals surface area contributed by atoms with Gasteiger partial charge in [0.05, 0.1) is 0 Å². The molecule has 0 radical (unpaired) electrons. The second kappa shape index (κ2) is 4.67. The summed E-state index contributed by atoms with van der Waals surface area (Å²) in [6.45, 7) is 8.89. The van der Waals surface area contributed by atoms with Crippen LogP contribution < -0.4 is 5.32 Å². The molecule has 2 nitrogen and oxygen atoms in total. The van der Waals surface area contributed by atoms with Gasteiger partial charge >= 0.3 is 0 Å². The highest BCUT2D eigenvalue weighted by atomic mass is 15.1. The molecule has 0 aliphatic carbocycles. The average molecular weight is 204 g/mol. The second-order valence-corrected chi connectivity index (χ2v) is 4.13. The van der Waals surface area contributed by atoms with Crippen molar-refractivity contribution in [1.82, 2.24) is 4.90 Å². The SMILES string of the molecule is CCN(CC)Cc1ccc2c(c1)CCN2. The number of nitrogens with one attached hydrogen (secondary N) is 1. The molecule has 0 aromatic heterocycles. The van der Waals surface area contributed by atoms with Crippen LogP contribution in [0.4, 0.5) is 5.69 Å². The third-order valence-corrected chi connectivity index (χ3v) is 3.18. The molecule has 82 valence electrons. The average Bonchev–Trinajstić information content (AvgIpc) is 2.73. The number of rotatable bonds is 4. The van der Waals surface area contributed by atoms with E-state index in [1.54, 1.807) is 0 Å². The summed E-state index contributed by atoms with van der Waals surface area (Å²) in [6.07, 6.45) is 1.18. The topological polar surface area (TPSA) is 15.3 Å². The molecular weight excluding hydrogens is 184 g/mol. The van der Waals surface area contributed by atoms with Crippen LogP contribution in [0, 0.1) is 0 Å². The van der Waals surface area contributed by atoms with E-state index < -0.39 is 0 Å². The number of nitrogens with zero attached hydrogens (tertiary/aromatic N) is 1. The normalized spacial score (nSPS) is 14.1. The van der Waals surface area contributed by atoms with Gasteiger partial charge < -0.3 is 5.32 Å². The van der Waals surface area contributed by atoms with Crippen LogP contribution in [0.15, 0.2) is 18.2 Å². The van der Waals surface area contributed by atoms with Gasteiger partial charge in [0, 0.05) is 18.8 Å². The van der Waals surface area contributed by atoms with Crippen LogP contribution >= 0.6 is 0 Å². The first-order valence-corrected chi connectivity index (χ1v) is 5.91. The molecule has 1 heterocycles. The molecule has 2 heteroatoms. The van der Waals surface area contributed by atoms with E-state index >= 15 is 0 Å². The maximum Gasteiger partial charge on any atom is 0.0373 e. The lowest BCUT2D eigenvalue weighted by molar-refractivity contribution is 0.296. The van der Waals surface area contributed by atoms with Crippen LogP contribution in [0.25, 0.3) is 0 Å². The standard InChI is InChI=1S/C13H20N2/c1-3-15(4-2)10-11-5-6-13-12(9-11)7-8-14-13/h5-6,9,14H,3-4,7-8,10H2,1-2H3. The van der Waals surface area contributed by atoms with Crippen LogP contribution in [-0.2, 0) is 13.0 Å². The quantitative estimate of drug-likeness (QED) is 0.810. The third kappa shape index (κ3) is 2.32. The number of fused-ring (bicyclic) bond motifs is 1. The van der Waals surface area contributed by atoms with Crippen molar-refractivity contribution in [2.75, 3.05) is 25.0 Å². The van der Waals surface area contributed by atoms with Gasteiger partial charge in [-0.05, 0) is 36.7 Å². The van der Waals surface area contributed by atoms with E-state index in [0.717, 1.165) is 26.2 Å². The van der Waals surface area contributed by atoms with Gasteiger partial charge in [-0.1, -0.05) is 26.0 Å². The monoisotopic (exact) mass is 204 g/mol. The van der Waals surface area contributed by atoms with Gasteiger partial charge in [0.1, 0.15) is 0 Å². The number of hydrogen-bond donors (Lipinski definition) is 1. The van der Waals surface area contributed by atoms with Crippen LogP contribution in [0.2, 0.25) is 0 Å². The Morgan fingerprint density at radius 1 is 1.27 bits per heavy atom. The summed E-state index contributed by atoms with van der Waals surface area (Å²) < 4.78 is 0. The molecule has 0 saturated carbocycles. The predicted molar refractivity (Wildman–Crippen MR) is 65.3 cm³/mol. The van der Waals surface area contributed by atoms with Crippen molar-refractivity contribution >= 4 is 5.69 Å². The molecule has 1 N–H and O–H groups in total. The van der Waals surface area contributed by atoms with Crippen molar-refractivity contribution in [2.45, 2.75) is 26.8 Å². The molecule has 0 spiro atoms. The Morgan fingerprint density at radius 3 is 2.80 bits per heavy atom. The fourth-order valence-corrected chi connectivity index (χ4v) is 2.16. The van der Waals surface area contributed by atoms with E-state index in [4.69, 9.17) is 0 Å². The molecule has 0 amide bonds. The minimum absolute atomic E-state index is 1.08. The van der Waals surface area contributed by atoms with Gasteiger partial charge in [-0.25, -0.2) is 0 Å². The van der Waals surface area contributed by atoms with Crippen molar-refractivity contribution in [2.24, 2.45) is 0 Å². The van der Waals surface area contributed by atoms with Gasteiger partial charge in [0.2, 0.25) is 0 Å². The third-order valence-electron chi connectivity index (χ3n) is 3.18. The molecule has 0 saturated heterocycles. The molecule has 0 bridgehead atoms. The van der Waals surface area contributed by atoms with Crippen molar-refractivity contribution < 1.29 is 0 Å². The number of hydrogen-bond acceptors (Lipinski definition) is 2. The number of benzene rings is 1. The van der Waals surface area contributed by atoms with E-state index in [9.17, 15) is 0 Å². The zero-order valence-electron chi connectivity index (χ0n) is 9.71. The molecule has 0 unspecified atom stereocenters. The molecule has 15 heavy (non-hydrogen) atoms. The summed E-state index contributed by atoms with van der Waals surface area (Å²) >= 11 is 0. The van der Waals surface area contributed by atoms with Crippen molar-refractivity contribution in [3.05, 3.63) is 29.3 Å². The van der Waals surface area contributed by atoms with Crippen LogP contribution in [0.5, 0.6) is 0 Å². The van der Waals surface area contributed by atoms with Gasteiger partial charge in [0.15, 0.2) is 0 Å². The largest absolute Gasteiger partial charge is 0.384 e. The summed E-state index contributed by atoms with van der Waals surface area (Å²) in [5.74, 6) is 0. The highest BCUT2D eigenvalue weighted by Crippen LogP contribution is 2.23. The van der Waals surface area contributed by atoms with Crippen LogP contribution in [-0.4, -0.2) is 24.5 Å². The fraction of sp³-hybridized carbons (Fsp3) is 0.538. The summed E-state index contributed by atoms with van der Waals surface area (Å²) in [4.78, 5) is 2.45. The molecule has 1 aliphatic heterocycles. The van der Waals surface area contributed by atoms with Crippen LogP contribution in [0.3, 0.4) is 0 Å². The molecule has 0 atom stereocenters. The van der Waals surface area contributed by atoms with Gasteiger partial charge in [-0.2, -0.15) is 0 Å².